The molecule has 0 radical (unpaired) electrons. The fraction of sp³-hybridized carbons (Fsp3) is 0.625. The summed E-state index contributed by atoms with van der Waals surface area (Å²) in [7, 11) is 2.00. The van der Waals surface area contributed by atoms with E-state index in [-0.39, 0.29) is 0 Å². The minimum absolute atomic E-state index is 0.405. The number of rotatable bonds is 8. The first-order valence-electron chi connectivity index (χ1n) is 11.4. The molecule has 6 nitrogen and oxygen atoms in total. The summed E-state index contributed by atoms with van der Waals surface area (Å²) in [5.74, 6) is 1.02. The summed E-state index contributed by atoms with van der Waals surface area (Å²) in [4.78, 5) is 9.76. The van der Waals surface area contributed by atoms with Gasteiger partial charge in [-0.15, -0.1) is 0 Å². The van der Waals surface area contributed by atoms with E-state index in [1.807, 2.05) is 7.05 Å². The Morgan fingerprint density at radius 2 is 2.07 bits per heavy atom. The molecule has 0 aromatic carbocycles. The van der Waals surface area contributed by atoms with Crippen molar-refractivity contribution in [2.45, 2.75) is 39.7 Å². The lowest BCUT2D eigenvalue weighted by molar-refractivity contribution is 0.117. The fourth-order valence-electron chi connectivity index (χ4n) is 4.28. The predicted octanol–water partition coefficient (Wildman–Crippen LogP) is 2.68. The average molecular weight is 414 g/mol. The van der Waals surface area contributed by atoms with E-state index in [1.165, 1.54) is 22.4 Å². The van der Waals surface area contributed by atoms with Crippen LogP contribution < -0.4 is 10.6 Å². The van der Waals surface area contributed by atoms with Gasteiger partial charge in [-0.05, 0) is 50.8 Å². The number of nitrogens with one attached hydrogen (secondary N) is 2. The lowest BCUT2D eigenvalue weighted by Gasteiger charge is -2.38. The average Bonchev–Trinajstić information content (AvgIpc) is 2.96. The molecule has 2 heterocycles. The molecule has 2 N–H and O–H groups in total. The fourth-order valence-corrected chi connectivity index (χ4v) is 4.28. The van der Waals surface area contributed by atoms with Crippen molar-refractivity contribution < 1.29 is 4.74 Å². The SMILES string of the molecule is CCOC1=CC(C(C)N2CCN(C/N=C\C3=C(NC)CCNC3)CC2)=CCC=C1C. The van der Waals surface area contributed by atoms with Crippen molar-refractivity contribution in [1.82, 2.24) is 20.4 Å². The summed E-state index contributed by atoms with van der Waals surface area (Å²) >= 11 is 0. The van der Waals surface area contributed by atoms with Gasteiger partial charge in [0.15, 0.2) is 0 Å². The van der Waals surface area contributed by atoms with E-state index in [4.69, 9.17) is 9.73 Å². The maximum atomic E-state index is 5.87. The Bertz CT molecular complexity index is 726. The molecule has 0 saturated carbocycles. The van der Waals surface area contributed by atoms with Crippen molar-refractivity contribution in [3.05, 3.63) is 46.4 Å². The van der Waals surface area contributed by atoms with E-state index in [1.54, 1.807) is 0 Å². The van der Waals surface area contributed by atoms with E-state index in [2.05, 4.69) is 65.6 Å². The first kappa shape index (κ1) is 22.8. The molecular weight excluding hydrogens is 374 g/mol. The van der Waals surface area contributed by atoms with Gasteiger partial charge in [0.25, 0.3) is 0 Å². The lowest BCUT2D eigenvalue weighted by Crippen LogP contribution is -2.49. The van der Waals surface area contributed by atoms with Gasteiger partial charge in [-0.2, -0.15) is 0 Å². The first-order chi connectivity index (χ1) is 14.6. The molecule has 2 aliphatic heterocycles. The smallest absolute Gasteiger partial charge is 0.122 e. The van der Waals surface area contributed by atoms with Crippen molar-refractivity contribution in [3.63, 3.8) is 0 Å². The number of nitrogens with zero attached hydrogens (tertiary/aromatic N) is 3. The summed E-state index contributed by atoms with van der Waals surface area (Å²) in [6, 6.07) is 0.405. The summed E-state index contributed by atoms with van der Waals surface area (Å²) in [5, 5.41) is 6.74. The molecule has 166 valence electrons. The van der Waals surface area contributed by atoms with E-state index < -0.39 is 0 Å². The third-order valence-electron chi connectivity index (χ3n) is 6.29. The molecule has 0 aromatic rings. The van der Waals surface area contributed by atoms with Crippen LogP contribution in [0.1, 0.15) is 33.6 Å². The summed E-state index contributed by atoms with van der Waals surface area (Å²) < 4.78 is 5.87. The van der Waals surface area contributed by atoms with E-state index in [0.717, 1.165) is 64.5 Å². The number of allylic oxidation sites excluding steroid dienone is 3. The van der Waals surface area contributed by atoms with Gasteiger partial charge in [-0.25, -0.2) is 0 Å². The van der Waals surface area contributed by atoms with Gasteiger partial charge < -0.3 is 15.4 Å². The zero-order valence-electron chi connectivity index (χ0n) is 19.2. The monoisotopic (exact) mass is 413 g/mol. The molecule has 0 bridgehead atoms. The number of ether oxygens (including phenoxy) is 1. The molecule has 30 heavy (non-hydrogen) atoms. The zero-order valence-corrected chi connectivity index (χ0v) is 19.2. The Hall–Kier alpha value is -1.89. The second-order valence-electron chi connectivity index (χ2n) is 8.23. The van der Waals surface area contributed by atoms with Crippen molar-refractivity contribution in [2.75, 3.05) is 59.6 Å². The van der Waals surface area contributed by atoms with Crippen LogP contribution in [0.4, 0.5) is 0 Å². The van der Waals surface area contributed by atoms with Crippen LogP contribution in [0.25, 0.3) is 0 Å². The van der Waals surface area contributed by atoms with Gasteiger partial charge in [0.05, 0.1) is 13.3 Å². The second-order valence-corrected chi connectivity index (χ2v) is 8.23. The van der Waals surface area contributed by atoms with Crippen molar-refractivity contribution in [3.8, 4) is 0 Å². The highest BCUT2D eigenvalue weighted by molar-refractivity contribution is 5.80. The first-order valence-corrected chi connectivity index (χ1v) is 11.4. The largest absolute Gasteiger partial charge is 0.494 e. The molecular formula is C24H39N5O. The van der Waals surface area contributed by atoms with E-state index in [9.17, 15) is 0 Å². The Labute approximate surface area is 182 Å². The molecule has 3 aliphatic rings. The van der Waals surface area contributed by atoms with Crippen molar-refractivity contribution in [2.24, 2.45) is 4.99 Å². The maximum Gasteiger partial charge on any atom is 0.122 e. The minimum atomic E-state index is 0.405. The van der Waals surface area contributed by atoms with Crippen LogP contribution in [-0.4, -0.2) is 81.6 Å². The highest BCUT2D eigenvalue weighted by atomic mass is 16.5. The number of hydrogen-bond donors (Lipinski definition) is 2. The molecule has 0 aromatic heterocycles. The summed E-state index contributed by atoms with van der Waals surface area (Å²) in [6.07, 6.45) is 10.9. The van der Waals surface area contributed by atoms with Crippen molar-refractivity contribution >= 4 is 6.21 Å². The lowest BCUT2D eigenvalue weighted by atomic mass is 10.0. The molecule has 6 heteroatoms. The number of aliphatic imine (C=N–C) groups is 1. The Kier molecular flexibility index (Phi) is 8.73. The summed E-state index contributed by atoms with van der Waals surface area (Å²) in [5.41, 5.74) is 5.21. The predicted molar refractivity (Wildman–Crippen MR) is 126 cm³/mol. The highest BCUT2D eigenvalue weighted by Crippen LogP contribution is 2.24. The van der Waals surface area contributed by atoms with Gasteiger partial charge >= 0.3 is 0 Å². The van der Waals surface area contributed by atoms with Crippen molar-refractivity contribution in [1.29, 1.82) is 0 Å². The summed E-state index contributed by atoms with van der Waals surface area (Å²) in [6.45, 7) is 14.2. The zero-order chi connectivity index (χ0) is 21.3. The van der Waals surface area contributed by atoms with Crippen LogP contribution in [0, 0.1) is 0 Å². The van der Waals surface area contributed by atoms with Crippen LogP contribution in [0.5, 0.6) is 0 Å². The standard InChI is InChI=1S/C24H39N5O/c1-5-30-24-15-21(8-6-7-19(24)2)20(3)29-13-11-28(12-14-29)18-27-17-22-16-26-10-9-23(22)25-4/h7-8,15,17,20,25-26H,5-6,9-14,16,18H2,1-4H3/b27-17-. The molecule has 1 saturated heterocycles. The van der Waals surface area contributed by atoms with Crippen LogP contribution in [0.15, 0.2) is 51.4 Å². The van der Waals surface area contributed by atoms with Gasteiger partial charge in [-0.3, -0.25) is 14.8 Å². The molecule has 3 rings (SSSR count). The third kappa shape index (κ3) is 6.06. The van der Waals surface area contributed by atoms with Crippen LogP contribution in [-0.2, 0) is 4.74 Å². The molecule has 1 aliphatic carbocycles. The van der Waals surface area contributed by atoms with Crippen LogP contribution in [0.3, 0.4) is 0 Å². The third-order valence-corrected chi connectivity index (χ3v) is 6.29. The highest BCUT2D eigenvalue weighted by Gasteiger charge is 2.23. The van der Waals surface area contributed by atoms with Crippen LogP contribution in [0.2, 0.25) is 0 Å². The quantitative estimate of drug-likeness (QED) is 0.599. The molecule has 1 fully saturated rings. The Morgan fingerprint density at radius 1 is 1.27 bits per heavy atom. The number of hydrogen-bond acceptors (Lipinski definition) is 6. The van der Waals surface area contributed by atoms with Gasteiger partial charge in [-0.1, -0.05) is 12.2 Å². The normalized spacial score (nSPS) is 23.0. The Morgan fingerprint density at radius 3 is 2.80 bits per heavy atom. The van der Waals surface area contributed by atoms with Gasteiger partial charge in [0.2, 0.25) is 0 Å². The molecule has 1 atom stereocenters. The van der Waals surface area contributed by atoms with Gasteiger partial charge in [0.1, 0.15) is 5.76 Å². The van der Waals surface area contributed by atoms with Crippen LogP contribution >= 0.6 is 0 Å². The van der Waals surface area contributed by atoms with E-state index >= 15 is 0 Å². The number of piperazine rings is 1. The second kappa shape index (κ2) is 11.5. The minimum Gasteiger partial charge on any atom is -0.494 e. The van der Waals surface area contributed by atoms with E-state index in [0.29, 0.717) is 12.6 Å². The molecule has 0 amide bonds. The maximum absolute atomic E-state index is 5.87. The molecule has 0 spiro atoms. The topological polar surface area (TPSA) is 52.1 Å². The van der Waals surface area contributed by atoms with Gasteiger partial charge in [0, 0.05) is 69.8 Å². The molecule has 1 unspecified atom stereocenters. The Balaban J connectivity index is 1.51.